The van der Waals surface area contributed by atoms with Gasteiger partial charge in [0.2, 0.25) is 0 Å². The normalized spacial score (nSPS) is 17.4. The molecule has 0 amide bonds. The van der Waals surface area contributed by atoms with Gasteiger partial charge in [0.1, 0.15) is 0 Å². The average Bonchev–Trinajstić information content (AvgIpc) is 2.11. The third-order valence-electron chi connectivity index (χ3n) is 2.07. The Bertz CT molecular complexity index is 412. The zero-order chi connectivity index (χ0) is 10.9. The standard InChI is InChI=1S/C11H8F3N/c12-11(13,14)9-3-1-8(2-4-9)7-10-5-6-15-10/h1-7,15H. The van der Waals surface area contributed by atoms with E-state index in [0.717, 1.165) is 23.4 Å². The van der Waals surface area contributed by atoms with Gasteiger partial charge < -0.3 is 5.32 Å². The molecule has 0 saturated heterocycles. The number of allylic oxidation sites excluding steroid dienone is 1. The Hall–Kier alpha value is -1.71. The van der Waals surface area contributed by atoms with Gasteiger partial charge in [-0.05, 0) is 29.8 Å². The molecule has 78 valence electrons. The van der Waals surface area contributed by atoms with Crippen LogP contribution >= 0.6 is 0 Å². The van der Waals surface area contributed by atoms with E-state index in [0.29, 0.717) is 0 Å². The quantitative estimate of drug-likeness (QED) is 0.752. The van der Waals surface area contributed by atoms with Crippen LogP contribution in [-0.2, 0) is 6.18 Å². The Balaban J connectivity index is 2.21. The van der Waals surface area contributed by atoms with Gasteiger partial charge in [-0.15, -0.1) is 0 Å². The number of hydrogen-bond donors (Lipinski definition) is 1. The molecule has 0 spiro atoms. The molecule has 0 bridgehead atoms. The molecule has 1 aliphatic heterocycles. The minimum atomic E-state index is -4.26. The molecule has 1 nitrogen and oxygen atoms in total. The topological polar surface area (TPSA) is 12.0 Å². The Morgan fingerprint density at radius 2 is 1.67 bits per heavy atom. The third kappa shape index (κ3) is 2.21. The minimum absolute atomic E-state index is 0.623. The van der Waals surface area contributed by atoms with Crippen molar-refractivity contribution < 1.29 is 13.2 Å². The molecule has 1 aliphatic rings. The zero-order valence-electron chi connectivity index (χ0n) is 7.68. The Morgan fingerprint density at radius 1 is 1.07 bits per heavy atom. The van der Waals surface area contributed by atoms with Gasteiger partial charge in [-0.1, -0.05) is 12.1 Å². The van der Waals surface area contributed by atoms with Crippen molar-refractivity contribution in [2.24, 2.45) is 0 Å². The summed E-state index contributed by atoms with van der Waals surface area (Å²) in [5.41, 5.74) is 1.02. The summed E-state index contributed by atoms with van der Waals surface area (Å²) in [5.74, 6) is 0. The smallest absolute Gasteiger partial charge is 0.362 e. The molecule has 1 aromatic carbocycles. The summed E-state index contributed by atoms with van der Waals surface area (Å²) in [4.78, 5) is 0. The molecule has 4 heteroatoms. The van der Waals surface area contributed by atoms with Crippen molar-refractivity contribution in [3.8, 4) is 0 Å². The summed E-state index contributed by atoms with van der Waals surface area (Å²) in [6.45, 7) is 0. The second kappa shape index (κ2) is 3.46. The lowest BCUT2D eigenvalue weighted by Crippen LogP contribution is -2.10. The number of benzene rings is 1. The fourth-order valence-corrected chi connectivity index (χ4v) is 1.22. The third-order valence-corrected chi connectivity index (χ3v) is 2.07. The maximum absolute atomic E-state index is 12.2. The monoisotopic (exact) mass is 211 g/mol. The van der Waals surface area contributed by atoms with E-state index in [1.54, 1.807) is 12.3 Å². The number of hydrogen-bond acceptors (Lipinski definition) is 1. The lowest BCUT2D eigenvalue weighted by Gasteiger charge is -2.10. The first-order valence-electron chi connectivity index (χ1n) is 4.38. The first-order chi connectivity index (χ1) is 7.05. The van der Waals surface area contributed by atoms with Crippen molar-refractivity contribution in [2.45, 2.75) is 6.18 Å². The van der Waals surface area contributed by atoms with Crippen LogP contribution in [0.5, 0.6) is 0 Å². The summed E-state index contributed by atoms with van der Waals surface area (Å²) in [6.07, 6.45) is 1.12. The van der Waals surface area contributed by atoms with Crippen molar-refractivity contribution in [1.82, 2.24) is 5.32 Å². The van der Waals surface area contributed by atoms with E-state index in [1.165, 1.54) is 12.1 Å². The van der Waals surface area contributed by atoms with Gasteiger partial charge in [-0.25, -0.2) is 0 Å². The molecule has 2 rings (SSSR count). The molecule has 15 heavy (non-hydrogen) atoms. The summed E-state index contributed by atoms with van der Waals surface area (Å²) >= 11 is 0. The highest BCUT2D eigenvalue weighted by Gasteiger charge is 2.29. The number of nitrogens with one attached hydrogen (secondary N) is 1. The summed E-state index contributed by atoms with van der Waals surface area (Å²) < 4.78 is 36.7. The highest BCUT2D eigenvalue weighted by molar-refractivity contribution is 5.58. The summed E-state index contributed by atoms with van der Waals surface area (Å²) in [7, 11) is 0. The largest absolute Gasteiger partial charge is 0.416 e. The van der Waals surface area contributed by atoms with Crippen LogP contribution in [0.15, 0.2) is 42.2 Å². The molecular formula is C11H8F3N. The first kappa shape index (κ1) is 9.83. The predicted octanol–water partition coefficient (Wildman–Crippen LogP) is 3.16. The van der Waals surface area contributed by atoms with Gasteiger partial charge in [0.05, 0.1) is 5.56 Å². The van der Waals surface area contributed by atoms with Gasteiger partial charge in [-0.2, -0.15) is 13.2 Å². The van der Waals surface area contributed by atoms with E-state index in [9.17, 15) is 13.2 Å². The summed E-state index contributed by atoms with van der Waals surface area (Å²) in [5, 5.41) is 2.90. The van der Waals surface area contributed by atoms with Gasteiger partial charge in [-0.3, -0.25) is 0 Å². The van der Waals surface area contributed by atoms with E-state index in [1.807, 2.05) is 6.08 Å². The highest BCUT2D eigenvalue weighted by atomic mass is 19.4. The predicted molar refractivity (Wildman–Crippen MR) is 51.7 cm³/mol. The van der Waals surface area contributed by atoms with E-state index in [2.05, 4.69) is 5.32 Å². The first-order valence-corrected chi connectivity index (χ1v) is 4.38. The molecule has 0 radical (unpaired) electrons. The SMILES string of the molecule is FC(F)(F)c1ccc(C=C2C=CN2)cc1. The van der Waals surface area contributed by atoms with E-state index >= 15 is 0 Å². The number of rotatable bonds is 1. The molecule has 0 unspecified atom stereocenters. The fraction of sp³-hybridized carbons (Fsp3) is 0.0909. The Morgan fingerprint density at radius 3 is 2.07 bits per heavy atom. The maximum atomic E-state index is 12.2. The van der Waals surface area contributed by atoms with E-state index < -0.39 is 11.7 Å². The minimum Gasteiger partial charge on any atom is -0.362 e. The van der Waals surface area contributed by atoms with Crippen LogP contribution in [0.3, 0.4) is 0 Å². The Kier molecular flexibility index (Phi) is 2.26. The molecule has 0 aromatic heterocycles. The van der Waals surface area contributed by atoms with Gasteiger partial charge >= 0.3 is 6.18 Å². The molecule has 0 fully saturated rings. The van der Waals surface area contributed by atoms with Crippen molar-refractivity contribution >= 4 is 6.08 Å². The van der Waals surface area contributed by atoms with Crippen LogP contribution < -0.4 is 5.32 Å². The lowest BCUT2D eigenvalue weighted by molar-refractivity contribution is -0.137. The second-order valence-corrected chi connectivity index (χ2v) is 3.20. The highest BCUT2D eigenvalue weighted by Crippen LogP contribution is 2.29. The lowest BCUT2D eigenvalue weighted by atomic mass is 10.1. The zero-order valence-corrected chi connectivity index (χ0v) is 7.68. The van der Waals surface area contributed by atoms with E-state index in [4.69, 9.17) is 0 Å². The van der Waals surface area contributed by atoms with Crippen LogP contribution in [0.2, 0.25) is 0 Å². The van der Waals surface area contributed by atoms with Crippen molar-refractivity contribution in [1.29, 1.82) is 0 Å². The summed E-state index contributed by atoms with van der Waals surface area (Å²) in [6, 6.07) is 5.05. The van der Waals surface area contributed by atoms with Crippen LogP contribution in [0.1, 0.15) is 11.1 Å². The van der Waals surface area contributed by atoms with Gasteiger partial charge in [0, 0.05) is 11.9 Å². The van der Waals surface area contributed by atoms with Crippen molar-refractivity contribution in [3.05, 3.63) is 53.4 Å². The van der Waals surface area contributed by atoms with Crippen LogP contribution in [0.4, 0.5) is 13.2 Å². The number of halogens is 3. The van der Waals surface area contributed by atoms with Crippen LogP contribution in [0, 0.1) is 0 Å². The van der Waals surface area contributed by atoms with E-state index in [-0.39, 0.29) is 0 Å². The maximum Gasteiger partial charge on any atom is 0.416 e. The van der Waals surface area contributed by atoms with Crippen LogP contribution in [0.25, 0.3) is 6.08 Å². The average molecular weight is 211 g/mol. The molecule has 0 atom stereocenters. The molecular weight excluding hydrogens is 203 g/mol. The number of alkyl halides is 3. The molecule has 1 aromatic rings. The molecule has 1 N–H and O–H groups in total. The Labute approximate surface area is 84.9 Å². The van der Waals surface area contributed by atoms with Crippen LogP contribution in [-0.4, -0.2) is 0 Å². The molecule has 0 saturated carbocycles. The van der Waals surface area contributed by atoms with Gasteiger partial charge in [0.25, 0.3) is 0 Å². The van der Waals surface area contributed by atoms with Crippen molar-refractivity contribution in [2.75, 3.05) is 0 Å². The van der Waals surface area contributed by atoms with Crippen molar-refractivity contribution in [3.63, 3.8) is 0 Å². The fourth-order valence-electron chi connectivity index (χ4n) is 1.22. The van der Waals surface area contributed by atoms with Gasteiger partial charge in [0.15, 0.2) is 0 Å². The molecule has 0 aliphatic carbocycles. The molecule has 1 heterocycles. The second-order valence-electron chi connectivity index (χ2n) is 3.20.